The van der Waals surface area contributed by atoms with Crippen LogP contribution in [0, 0.1) is 5.82 Å². The Morgan fingerprint density at radius 1 is 0.921 bits per heavy atom. The van der Waals surface area contributed by atoms with Crippen LogP contribution in [0.25, 0.3) is 16.8 Å². The van der Waals surface area contributed by atoms with E-state index in [-0.39, 0.29) is 23.7 Å². The Balaban J connectivity index is 1.37. The third-order valence-corrected chi connectivity index (χ3v) is 6.32. The molecule has 0 aliphatic rings. The standard InChI is InChI=1S/C30H24FN3O4/c31-25-9-5-4-8-24(25)21-11-13-28-32-27(18-34(28)17-21)29(36)33-26(30(37)38)16-20-10-12-23(35)15-22(20)14-19-6-2-1-3-7-19/h1-13,15,17-18,26,35H,14,16H2,(H,33,36)(H,37,38)/t26-/m0/s1. The summed E-state index contributed by atoms with van der Waals surface area (Å²) in [5.74, 6) is -2.12. The van der Waals surface area contributed by atoms with E-state index >= 15 is 0 Å². The summed E-state index contributed by atoms with van der Waals surface area (Å²) in [4.78, 5) is 29.4. The van der Waals surface area contributed by atoms with E-state index in [1.165, 1.54) is 18.3 Å². The molecule has 0 unspecified atom stereocenters. The summed E-state index contributed by atoms with van der Waals surface area (Å²) >= 11 is 0. The lowest BCUT2D eigenvalue weighted by atomic mass is 9.95. The van der Waals surface area contributed by atoms with Crippen LogP contribution in [0.2, 0.25) is 0 Å². The molecule has 0 bridgehead atoms. The molecule has 2 heterocycles. The van der Waals surface area contributed by atoms with Gasteiger partial charge in [0.05, 0.1) is 0 Å². The van der Waals surface area contributed by atoms with Crippen LogP contribution in [0.15, 0.2) is 97.3 Å². The highest BCUT2D eigenvalue weighted by atomic mass is 19.1. The second-order valence-corrected chi connectivity index (χ2v) is 8.97. The number of nitrogens with one attached hydrogen (secondary N) is 1. The molecule has 8 heteroatoms. The van der Waals surface area contributed by atoms with Gasteiger partial charge in [-0.05, 0) is 53.4 Å². The van der Waals surface area contributed by atoms with Crippen molar-refractivity contribution in [2.75, 3.05) is 0 Å². The van der Waals surface area contributed by atoms with E-state index in [4.69, 9.17) is 0 Å². The fourth-order valence-corrected chi connectivity index (χ4v) is 4.40. The maximum atomic E-state index is 14.2. The number of phenols is 1. The number of halogens is 1. The van der Waals surface area contributed by atoms with Crippen LogP contribution in [0.4, 0.5) is 4.39 Å². The molecule has 3 aromatic carbocycles. The van der Waals surface area contributed by atoms with Crippen molar-refractivity contribution in [3.63, 3.8) is 0 Å². The molecule has 2 aromatic heterocycles. The van der Waals surface area contributed by atoms with Gasteiger partial charge in [0, 0.05) is 29.9 Å². The molecular weight excluding hydrogens is 485 g/mol. The van der Waals surface area contributed by atoms with Crippen LogP contribution in [-0.4, -0.2) is 37.5 Å². The highest BCUT2D eigenvalue weighted by molar-refractivity contribution is 5.95. The lowest BCUT2D eigenvalue weighted by Gasteiger charge is -2.17. The van der Waals surface area contributed by atoms with Crippen LogP contribution >= 0.6 is 0 Å². The van der Waals surface area contributed by atoms with Crippen molar-refractivity contribution in [3.05, 3.63) is 126 Å². The molecule has 1 atom stereocenters. The molecule has 0 radical (unpaired) electrons. The number of benzene rings is 3. The minimum Gasteiger partial charge on any atom is -0.508 e. The first-order chi connectivity index (χ1) is 18.4. The molecule has 5 rings (SSSR count). The second kappa shape index (κ2) is 10.6. The molecule has 0 spiro atoms. The summed E-state index contributed by atoms with van der Waals surface area (Å²) in [5, 5.41) is 22.4. The van der Waals surface area contributed by atoms with Gasteiger partial charge in [0.2, 0.25) is 0 Å². The molecule has 3 N–H and O–H groups in total. The fraction of sp³-hybridized carbons (Fsp3) is 0.100. The van der Waals surface area contributed by atoms with E-state index in [0.29, 0.717) is 28.8 Å². The number of amides is 1. The van der Waals surface area contributed by atoms with Crippen molar-refractivity contribution in [2.45, 2.75) is 18.9 Å². The number of hydrogen-bond donors (Lipinski definition) is 3. The second-order valence-electron chi connectivity index (χ2n) is 8.97. The zero-order valence-electron chi connectivity index (χ0n) is 20.2. The Morgan fingerprint density at radius 3 is 2.45 bits per heavy atom. The number of aromatic hydroxyl groups is 1. The van der Waals surface area contributed by atoms with Crippen LogP contribution in [0.3, 0.4) is 0 Å². The van der Waals surface area contributed by atoms with Gasteiger partial charge in [-0.3, -0.25) is 4.79 Å². The number of carbonyl (C=O) groups is 2. The number of fused-ring (bicyclic) bond motifs is 1. The SMILES string of the molecule is O=C(N[C@@H](Cc1ccc(O)cc1Cc1ccccc1)C(=O)O)c1cn2cc(-c3ccccc3F)ccc2n1. The van der Waals surface area contributed by atoms with Crippen molar-refractivity contribution in [1.29, 1.82) is 0 Å². The minimum atomic E-state index is -1.22. The molecule has 0 aliphatic carbocycles. The van der Waals surface area contributed by atoms with Crippen molar-refractivity contribution >= 4 is 17.5 Å². The van der Waals surface area contributed by atoms with Crippen molar-refractivity contribution in [2.24, 2.45) is 0 Å². The summed E-state index contributed by atoms with van der Waals surface area (Å²) in [6.45, 7) is 0. The number of phenolic OH excluding ortho intramolecular Hbond substituents is 1. The molecule has 38 heavy (non-hydrogen) atoms. The zero-order valence-corrected chi connectivity index (χ0v) is 20.2. The summed E-state index contributed by atoms with van der Waals surface area (Å²) in [5.41, 5.74) is 4.01. The molecule has 5 aromatic rings. The molecule has 0 aliphatic heterocycles. The Morgan fingerprint density at radius 2 is 1.68 bits per heavy atom. The average Bonchev–Trinajstić information content (AvgIpc) is 3.34. The molecule has 0 fully saturated rings. The number of pyridine rings is 1. The van der Waals surface area contributed by atoms with E-state index in [9.17, 15) is 24.2 Å². The van der Waals surface area contributed by atoms with Crippen LogP contribution in [-0.2, 0) is 17.6 Å². The number of carboxylic acids is 1. The van der Waals surface area contributed by atoms with Gasteiger partial charge in [0.25, 0.3) is 5.91 Å². The first-order valence-electron chi connectivity index (χ1n) is 12.0. The van der Waals surface area contributed by atoms with E-state index in [0.717, 1.165) is 11.1 Å². The van der Waals surface area contributed by atoms with Crippen LogP contribution < -0.4 is 5.32 Å². The Labute approximate surface area is 217 Å². The molecule has 0 saturated carbocycles. The number of imidazole rings is 1. The number of carbonyl (C=O) groups excluding carboxylic acids is 1. The van der Waals surface area contributed by atoms with Gasteiger partial charge in [0.15, 0.2) is 0 Å². The normalized spacial score (nSPS) is 11.8. The quantitative estimate of drug-likeness (QED) is 0.277. The fourth-order valence-electron chi connectivity index (χ4n) is 4.40. The van der Waals surface area contributed by atoms with Crippen LogP contribution in [0.5, 0.6) is 5.75 Å². The first-order valence-corrected chi connectivity index (χ1v) is 12.0. The Hall–Kier alpha value is -4.98. The topological polar surface area (TPSA) is 104 Å². The third-order valence-electron chi connectivity index (χ3n) is 6.32. The van der Waals surface area contributed by atoms with E-state index < -0.39 is 17.9 Å². The highest BCUT2D eigenvalue weighted by Crippen LogP contribution is 2.24. The van der Waals surface area contributed by atoms with Crippen molar-refractivity contribution < 1.29 is 24.2 Å². The first kappa shape index (κ1) is 24.7. The van der Waals surface area contributed by atoms with E-state index in [1.54, 1.807) is 53.1 Å². The minimum absolute atomic E-state index is 0.0221. The summed E-state index contributed by atoms with van der Waals surface area (Å²) in [6, 6.07) is 22.9. The molecule has 190 valence electrons. The number of aromatic nitrogens is 2. The van der Waals surface area contributed by atoms with Crippen LogP contribution in [0.1, 0.15) is 27.2 Å². The summed E-state index contributed by atoms with van der Waals surface area (Å²) in [7, 11) is 0. The predicted molar refractivity (Wildman–Crippen MR) is 141 cm³/mol. The zero-order chi connectivity index (χ0) is 26.6. The Bertz CT molecular complexity index is 1630. The number of nitrogens with zero attached hydrogens (tertiary/aromatic N) is 2. The highest BCUT2D eigenvalue weighted by Gasteiger charge is 2.24. The number of rotatable bonds is 8. The summed E-state index contributed by atoms with van der Waals surface area (Å²) < 4.78 is 15.8. The predicted octanol–water partition coefficient (Wildman–Crippen LogP) is 4.86. The van der Waals surface area contributed by atoms with Crippen molar-refractivity contribution in [1.82, 2.24) is 14.7 Å². The molecular formula is C30H24FN3O4. The summed E-state index contributed by atoms with van der Waals surface area (Å²) in [6.07, 6.45) is 3.67. The van der Waals surface area contributed by atoms with Gasteiger partial charge in [0.1, 0.15) is 28.9 Å². The van der Waals surface area contributed by atoms with Gasteiger partial charge >= 0.3 is 5.97 Å². The number of aliphatic carboxylic acids is 1. The molecule has 0 saturated heterocycles. The van der Waals surface area contributed by atoms with Gasteiger partial charge in [-0.1, -0.05) is 54.6 Å². The van der Waals surface area contributed by atoms with E-state index in [1.807, 2.05) is 30.3 Å². The average molecular weight is 510 g/mol. The Kier molecular flexibility index (Phi) is 6.86. The monoisotopic (exact) mass is 509 g/mol. The largest absolute Gasteiger partial charge is 0.508 e. The van der Waals surface area contributed by atoms with Gasteiger partial charge in [-0.2, -0.15) is 0 Å². The van der Waals surface area contributed by atoms with E-state index in [2.05, 4.69) is 10.3 Å². The lowest BCUT2D eigenvalue weighted by Crippen LogP contribution is -2.42. The van der Waals surface area contributed by atoms with Gasteiger partial charge < -0.3 is 19.9 Å². The maximum absolute atomic E-state index is 14.2. The number of carboxylic acid groups (broad SMARTS) is 1. The van der Waals surface area contributed by atoms with Gasteiger partial charge in [-0.15, -0.1) is 0 Å². The molecule has 1 amide bonds. The smallest absolute Gasteiger partial charge is 0.326 e. The van der Waals surface area contributed by atoms with Crippen molar-refractivity contribution in [3.8, 4) is 16.9 Å². The third kappa shape index (κ3) is 5.39. The number of hydrogen-bond acceptors (Lipinski definition) is 4. The van der Waals surface area contributed by atoms with Gasteiger partial charge in [-0.25, -0.2) is 14.2 Å². The maximum Gasteiger partial charge on any atom is 0.326 e. The lowest BCUT2D eigenvalue weighted by molar-refractivity contribution is -0.139. The molecule has 7 nitrogen and oxygen atoms in total.